The van der Waals surface area contributed by atoms with E-state index in [2.05, 4.69) is 0 Å². The van der Waals surface area contributed by atoms with Crippen LogP contribution in [0.3, 0.4) is 0 Å². The predicted molar refractivity (Wildman–Crippen MR) is 140 cm³/mol. The van der Waals surface area contributed by atoms with E-state index in [1.54, 1.807) is 58.9 Å². The molecule has 10 nitrogen and oxygen atoms in total. The Morgan fingerprint density at radius 2 is 1.55 bits per heavy atom. The van der Waals surface area contributed by atoms with Crippen molar-refractivity contribution < 1.29 is 37.5 Å². The number of fused-ring (bicyclic) bond motifs is 2. The Hall–Kier alpha value is -3.20. The molecular weight excluding hydrogens is 511 g/mol. The number of nitrogens with zero attached hydrogens (tertiary/aromatic N) is 2. The first kappa shape index (κ1) is 27.8. The quantitative estimate of drug-likeness (QED) is 0.402. The average Bonchev–Trinajstić information content (AvgIpc) is 3.24. The Morgan fingerprint density at radius 1 is 0.974 bits per heavy atom. The summed E-state index contributed by atoms with van der Waals surface area (Å²) in [7, 11) is -4.40. The lowest BCUT2D eigenvalue weighted by Gasteiger charge is -2.42. The number of hydrogen-bond donors (Lipinski definition) is 0. The molecule has 204 valence electrons. The molecule has 2 aromatic rings. The largest absolute Gasteiger partial charge is 0.443 e. The van der Waals surface area contributed by atoms with E-state index in [0.29, 0.717) is 10.6 Å². The molecule has 4 rings (SSSR count). The lowest BCUT2D eigenvalue weighted by molar-refractivity contribution is -0.131. The monoisotopic (exact) mass is 544 g/mol. The molecule has 0 N–H and O–H groups in total. The fourth-order valence-corrected chi connectivity index (χ4v) is 7.20. The molecule has 1 saturated heterocycles. The number of cyclic esters (lactones) is 1. The molecule has 2 aromatic carbocycles. The summed E-state index contributed by atoms with van der Waals surface area (Å²) < 4.78 is 37.1. The van der Waals surface area contributed by atoms with Gasteiger partial charge in [-0.15, -0.1) is 0 Å². The molecule has 0 aromatic heterocycles. The molecule has 1 spiro atoms. The molecule has 1 fully saturated rings. The van der Waals surface area contributed by atoms with Crippen LogP contribution in [0.2, 0.25) is 0 Å². The maximum absolute atomic E-state index is 14.7. The molecule has 0 aliphatic carbocycles. The molecular formula is C27H33N2O8P. The van der Waals surface area contributed by atoms with Crippen LogP contribution >= 0.6 is 7.60 Å². The van der Waals surface area contributed by atoms with Gasteiger partial charge in [0.15, 0.2) is 0 Å². The normalized spacial score (nSPS) is 23.1. The van der Waals surface area contributed by atoms with Crippen LogP contribution in [0, 0.1) is 0 Å². The van der Waals surface area contributed by atoms with Crippen LogP contribution in [0.4, 0.5) is 15.3 Å². The van der Waals surface area contributed by atoms with Crippen LogP contribution in [-0.4, -0.2) is 47.2 Å². The van der Waals surface area contributed by atoms with E-state index in [1.807, 2.05) is 30.3 Å². The smallest absolute Gasteiger partial charge is 0.422 e. The minimum absolute atomic E-state index is 0.0590. The first-order valence-electron chi connectivity index (χ1n) is 12.5. The highest BCUT2D eigenvalue weighted by atomic mass is 31.2. The van der Waals surface area contributed by atoms with Crippen LogP contribution < -0.4 is 4.90 Å². The molecule has 0 radical (unpaired) electrons. The summed E-state index contributed by atoms with van der Waals surface area (Å²) >= 11 is 0. The molecule has 2 atom stereocenters. The van der Waals surface area contributed by atoms with Crippen molar-refractivity contribution in [2.45, 2.75) is 64.6 Å². The summed E-state index contributed by atoms with van der Waals surface area (Å²) in [5, 5.41) is -2.24. The first-order valence-corrected chi connectivity index (χ1v) is 14.0. The zero-order valence-corrected chi connectivity index (χ0v) is 23.3. The van der Waals surface area contributed by atoms with Crippen LogP contribution in [0.25, 0.3) is 0 Å². The van der Waals surface area contributed by atoms with E-state index in [1.165, 1.54) is 11.8 Å². The predicted octanol–water partition coefficient (Wildman–Crippen LogP) is 5.80. The number of benzene rings is 2. The molecule has 3 amide bonds. The van der Waals surface area contributed by atoms with Gasteiger partial charge in [-0.05, 0) is 53.2 Å². The van der Waals surface area contributed by atoms with E-state index in [0.717, 1.165) is 5.56 Å². The summed E-state index contributed by atoms with van der Waals surface area (Å²) in [6.45, 7) is 9.45. The van der Waals surface area contributed by atoms with Crippen LogP contribution in [0.5, 0.6) is 0 Å². The number of anilines is 1. The van der Waals surface area contributed by atoms with Crippen LogP contribution in [0.1, 0.15) is 52.7 Å². The van der Waals surface area contributed by atoms with Crippen molar-refractivity contribution in [1.29, 1.82) is 0 Å². The highest BCUT2D eigenvalue weighted by Crippen LogP contribution is 2.72. The minimum atomic E-state index is -4.40. The lowest BCUT2D eigenvalue weighted by atomic mass is 9.85. The maximum Gasteiger partial charge on any atom is 0.422 e. The molecule has 2 heterocycles. The number of ether oxygens (including phenoxy) is 2. The SMILES string of the molecule is CCOP(=O)(OCC)[C@@]1(C)OC(=O)N(C(=O)OC(C)(C)C)[C@]12C(=O)N(Cc1ccccc1)c1ccccc12. The first-order chi connectivity index (χ1) is 17.9. The summed E-state index contributed by atoms with van der Waals surface area (Å²) in [6.07, 6.45) is -2.30. The van der Waals surface area contributed by atoms with E-state index in [9.17, 15) is 18.9 Å². The summed E-state index contributed by atoms with van der Waals surface area (Å²) in [5.41, 5.74) is -1.76. The van der Waals surface area contributed by atoms with E-state index in [4.69, 9.17) is 18.5 Å². The van der Waals surface area contributed by atoms with E-state index < -0.39 is 42.2 Å². The Balaban J connectivity index is 2.02. The van der Waals surface area contributed by atoms with Crippen molar-refractivity contribution in [3.05, 3.63) is 65.7 Å². The van der Waals surface area contributed by atoms with Crippen molar-refractivity contribution in [2.75, 3.05) is 18.1 Å². The Labute approximate surface area is 222 Å². The molecule has 38 heavy (non-hydrogen) atoms. The summed E-state index contributed by atoms with van der Waals surface area (Å²) in [5.74, 6) is -0.693. The Kier molecular flexibility index (Phi) is 7.20. The lowest BCUT2D eigenvalue weighted by Crippen LogP contribution is -2.62. The number of rotatable bonds is 7. The summed E-state index contributed by atoms with van der Waals surface area (Å²) in [6, 6.07) is 16.0. The third-order valence-electron chi connectivity index (χ3n) is 6.49. The zero-order chi connectivity index (χ0) is 27.9. The molecule has 0 bridgehead atoms. The van der Waals surface area contributed by atoms with Gasteiger partial charge in [0.1, 0.15) is 5.60 Å². The number of carbonyl (C=O) groups is 3. The second-order valence-corrected chi connectivity index (χ2v) is 12.5. The van der Waals surface area contributed by atoms with Gasteiger partial charge >= 0.3 is 19.8 Å². The van der Waals surface area contributed by atoms with Gasteiger partial charge < -0.3 is 23.4 Å². The number of hydrogen-bond acceptors (Lipinski definition) is 8. The third kappa shape index (κ3) is 4.11. The highest BCUT2D eigenvalue weighted by molar-refractivity contribution is 7.55. The van der Waals surface area contributed by atoms with Crippen molar-refractivity contribution in [1.82, 2.24) is 4.90 Å². The molecule has 0 unspecified atom stereocenters. The number of amides is 3. The fraction of sp³-hybridized carbons (Fsp3) is 0.444. The fourth-order valence-electron chi connectivity index (χ4n) is 5.05. The van der Waals surface area contributed by atoms with Crippen LogP contribution in [-0.2, 0) is 40.0 Å². The van der Waals surface area contributed by atoms with Crippen molar-refractivity contribution in [3.8, 4) is 0 Å². The van der Waals surface area contributed by atoms with Crippen molar-refractivity contribution in [2.24, 2.45) is 0 Å². The topological polar surface area (TPSA) is 112 Å². The van der Waals surface area contributed by atoms with Gasteiger partial charge in [0.05, 0.1) is 25.4 Å². The Bertz CT molecular complexity index is 1280. The molecule has 2 aliphatic rings. The standard InChI is InChI=1S/C27H33N2O8P/c1-7-34-38(33,35-8-2)26(6)27(29(24(32)37-26)23(31)36-25(3,4)5)20-16-12-13-17-21(20)28(22(27)30)18-19-14-10-9-11-15-19/h9-17H,7-8,18H2,1-6H3/t26-,27-/m1/s1. The summed E-state index contributed by atoms with van der Waals surface area (Å²) in [4.78, 5) is 44.0. The van der Waals surface area contributed by atoms with Gasteiger partial charge in [0.25, 0.3) is 5.91 Å². The van der Waals surface area contributed by atoms with Crippen molar-refractivity contribution in [3.63, 3.8) is 0 Å². The van der Waals surface area contributed by atoms with Crippen molar-refractivity contribution >= 4 is 31.4 Å². The minimum Gasteiger partial charge on any atom is -0.443 e. The second-order valence-electron chi connectivity index (χ2n) is 10.1. The van der Waals surface area contributed by atoms with E-state index >= 15 is 0 Å². The number of imide groups is 1. The Morgan fingerprint density at radius 3 is 2.13 bits per heavy atom. The molecule has 2 aliphatic heterocycles. The van der Waals surface area contributed by atoms with Gasteiger partial charge in [-0.1, -0.05) is 48.5 Å². The molecule has 11 heteroatoms. The average molecular weight is 545 g/mol. The maximum atomic E-state index is 14.7. The zero-order valence-electron chi connectivity index (χ0n) is 22.4. The van der Waals surface area contributed by atoms with Gasteiger partial charge in [0, 0.05) is 5.56 Å². The van der Waals surface area contributed by atoms with Gasteiger partial charge in [-0.25, -0.2) is 9.59 Å². The van der Waals surface area contributed by atoms with Gasteiger partial charge in [-0.2, -0.15) is 4.90 Å². The van der Waals surface area contributed by atoms with Crippen LogP contribution in [0.15, 0.2) is 54.6 Å². The third-order valence-corrected chi connectivity index (χ3v) is 9.15. The highest BCUT2D eigenvalue weighted by Gasteiger charge is 2.81. The number of carbonyl (C=O) groups excluding carboxylic acids is 3. The van der Waals surface area contributed by atoms with E-state index in [-0.39, 0.29) is 25.3 Å². The van der Waals surface area contributed by atoms with Gasteiger partial charge in [0.2, 0.25) is 10.9 Å². The van der Waals surface area contributed by atoms with Gasteiger partial charge in [-0.3, -0.25) is 9.36 Å². The second kappa shape index (κ2) is 9.84. The number of para-hydroxylation sites is 1. The molecule has 0 saturated carbocycles.